The SMILES string of the molecule is C=C(NC(C)CC(C)NCCN(C)CC)N(C)CC. The first-order valence-electron chi connectivity index (χ1n) is 7.49. The number of nitrogens with zero attached hydrogens (tertiary/aromatic N) is 2. The molecule has 4 heteroatoms. The lowest BCUT2D eigenvalue weighted by Gasteiger charge is -2.27. The highest BCUT2D eigenvalue weighted by Crippen LogP contribution is 2.01. The third-order valence-electron chi connectivity index (χ3n) is 3.58. The molecule has 2 unspecified atom stereocenters. The Kier molecular flexibility index (Phi) is 9.70. The highest BCUT2D eigenvalue weighted by Gasteiger charge is 2.10. The summed E-state index contributed by atoms with van der Waals surface area (Å²) in [6.45, 7) is 17.1. The predicted octanol–water partition coefficient (Wildman–Crippen LogP) is 1.71. The van der Waals surface area contributed by atoms with Crippen LogP contribution in [0.4, 0.5) is 0 Å². The van der Waals surface area contributed by atoms with Crippen LogP contribution in [0.2, 0.25) is 0 Å². The number of likely N-dealkylation sites (N-methyl/N-ethyl adjacent to an activating group) is 1. The van der Waals surface area contributed by atoms with Crippen LogP contribution >= 0.6 is 0 Å². The van der Waals surface area contributed by atoms with Gasteiger partial charge in [0.2, 0.25) is 0 Å². The summed E-state index contributed by atoms with van der Waals surface area (Å²) in [6, 6.07) is 0.959. The zero-order valence-corrected chi connectivity index (χ0v) is 13.8. The van der Waals surface area contributed by atoms with Crippen LogP contribution < -0.4 is 10.6 Å². The maximum atomic E-state index is 4.06. The molecule has 0 aromatic carbocycles. The van der Waals surface area contributed by atoms with Gasteiger partial charge in [0.05, 0.1) is 5.82 Å². The summed E-state index contributed by atoms with van der Waals surface area (Å²) >= 11 is 0. The topological polar surface area (TPSA) is 30.5 Å². The van der Waals surface area contributed by atoms with Crippen LogP contribution in [0.1, 0.15) is 34.1 Å². The van der Waals surface area contributed by atoms with E-state index >= 15 is 0 Å². The van der Waals surface area contributed by atoms with E-state index in [2.05, 4.69) is 68.8 Å². The van der Waals surface area contributed by atoms with Gasteiger partial charge < -0.3 is 20.4 Å². The highest BCUT2D eigenvalue weighted by atomic mass is 15.2. The molecule has 0 saturated carbocycles. The maximum absolute atomic E-state index is 4.06. The third kappa shape index (κ3) is 8.89. The lowest BCUT2D eigenvalue weighted by Crippen LogP contribution is -2.40. The molecule has 0 rings (SSSR count). The molecule has 0 bridgehead atoms. The molecule has 0 aliphatic rings. The molecule has 0 radical (unpaired) electrons. The normalized spacial score (nSPS) is 14.3. The smallest absolute Gasteiger partial charge is 0.0938 e. The van der Waals surface area contributed by atoms with Gasteiger partial charge in [0.1, 0.15) is 0 Å². The second kappa shape index (κ2) is 10.1. The largest absolute Gasteiger partial charge is 0.370 e. The summed E-state index contributed by atoms with van der Waals surface area (Å²) in [7, 11) is 4.21. The molecular weight excluding hydrogens is 236 g/mol. The Morgan fingerprint density at radius 3 is 2.26 bits per heavy atom. The van der Waals surface area contributed by atoms with E-state index in [9.17, 15) is 0 Å². The molecule has 0 spiro atoms. The molecule has 114 valence electrons. The van der Waals surface area contributed by atoms with Gasteiger partial charge in [0, 0.05) is 38.8 Å². The Labute approximate surface area is 120 Å². The lowest BCUT2D eigenvalue weighted by molar-refractivity contribution is 0.329. The van der Waals surface area contributed by atoms with Crippen molar-refractivity contribution in [3.05, 3.63) is 12.4 Å². The molecule has 0 aromatic heterocycles. The average molecular weight is 270 g/mol. The fraction of sp³-hybridized carbons (Fsp3) is 0.867. The quantitative estimate of drug-likeness (QED) is 0.598. The molecule has 0 heterocycles. The monoisotopic (exact) mass is 270 g/mol. The molecule has 2 N–H and O–H groups in total. The highest BCUT2D eigenvalue weighted by molar-refractivity contribution is 4.91. The molecule has 0 saturated heterocycles. The van der Waals surface area contributed by atoms with Crippen LogP contribution in [-0.2, 0) is 0 Å². The fourth-order valence-corrected chi connectivity index (χ4v) is 1.92. The summed E-state index contributed by atoms with van der Waals surface area (Å²) in [5, 5.41) is 7.02. The first kappa shape index (κ1) is 18.3. The van der Waals surface area contributed by atoms with Crippen molar-refractivity contribution in [3.63, 3.8) is 0 Å². The van der Waals surface area contributed by atoms with Crippen molar-refractivity contribution >= 4 is 0 Å². The van der Waals surface area contributed by atoms with Crippen LogP contribution in [0.3, 0.4) is 0 Å². The first-order chi connectivity index (χ1) is 8.90. The minimum absolute atomic E-state index is 0.438. The zero-order chi connectivity index (χ0) is 14.8. The summed E-state index contributed by atoms with van der Waals surface area (Å²) in [5.74, 6) is 1.01. The van der Waals surface area contributed by atoms with Crippen LogP contribution in [0.15, 0.2) is 12.4 Å². The van der Waals surface area contributed by atoms with Crippen molar-refractivity contribution < 1.29 is 0 Å². The van der Waals surface area contributed by atoms with Gasteiger partial charge in [-0.15, -0.1) is 0 Å². The fourth-order valence-electron chi connectivity index (χ4n) is 1.92. The molecule has 2 atom stereocenters. The van der Waals surface area contributed by atoms with Crippen molar-refractivity contribution in [2.75, 3.05) is 40.3 Å². The summed E-state index contributed by atoms with van der Waals surface area (Å²) < 4.78 is 0. The summed E-state index contributed by atoms with van der Waals surface area (Å²) in [5.41, 5.74) is 0. The Hall–Kier alpha value is -0.740. The third-order valence-corrected chi connectivity index (χ3v) is 3.58. The Balaban J connectivity index is 3.80. The number of hydrogen-bond acceptors (Lipinski definition) is 4. The van der Waals surface area contributed by atoms with E-state index in [1.54, 1.807) is 0 Å². The maximum Gasteiger partial charge on any atom is 0.0938 e. The molecule has 19 heavy (non-hydrogen) atoms. The minimum atomic E-state index is 0.438. The first-order valence-corrected chi connectivity index (χ1v) is 7.49. The van der Waals surface area contributed by atoms with Gasteiger partial charge in [-0.2, -0.15) is 0 Å². The van der Waals surface area contributed by atoms with Crippen molar-refractivity contribution in [1.29, 1.82) is 0 Å². The zero-order valence-electron chi connectivity index (χ0n) is 13.8. The molecule has 4 nitrogen and oxygen atoms in total. The van der Waals surface area contributed by atoms with E-state index in [0.29, 0.717) is 12.1 Å². The summed E-state index contributed by atoms with van der Waals surface area (Å²) in [4.78, 5) is 4.45. The van der Waals surface area contributed by atoms with Gasteiger partial charge in [-0.1, -0.05) is 13.5 Å². The van der Waals surface area contributed by atoms with E-state index in [-0.39, 0.29) is 0 Å². The van der Waals surface area contributed by atoms with Crippen molar-refractivity contribution in [3.8, 4) is 0 Å². The van der Waals surface area contributed by atoms with Gasteiger partial charge in [-0.05, 0) is 40.8 Å². The predicted molar refractivity (Wildman–Crippen MR) is 85.3 cm³/mol. The number of hydrogen-bond donors (Lipinski definition) is 2. The molecule has 0 aliphatic carbocycles. The Morgan fingerprint density at radius 2 is 1.74 bits per heavy atom. The van der Waals surface area contributed by atoms with Crippen molar-refractivity contribution in [2.45, 2.75) is 46.2 Å². The van der Waals surface area contributed by atoms with Gasteiger partial charge in [-0.25, -0.2) is 0 Å². The molecule has 0 amide bonds. The van der Waals surface area contributed by atoms with E-state index < -0.39 is 0 Å². The van der Waals surface area contributed by atoms with Gasteiger partial charge in [0.25, 0.3) is 0 Å². The second-order valence-corrected chi connectivity index (χ2v) is 5.49. The van der Waals surface area contributed by atoms with E-state index in [0.717, 1.165) is 38.4 Å². The van der Waals surface area contributed by atoms with Gasteiger partial charge >= 0.3 is 0 Å². The second-order valence-electron chi connectivity index (χ2n) is 5.49. The number of nitrogens with one attached hydrogen (secondary N) is 2. The van der Waals surface area contributed by atoms with Crippen LogP contribution in [0.25, 0.3) is 0 Å². The Morgan fingerprint density at radius 1 is 1.11 bits per heavy atom. The van der Waals surface area contributed by atoms with E-state index in [1.807, 2.05) is 0 Å². The molecule has 0 aliphatic heterocycles. The van der Waals surface area contributed by atoms with E-state index in [1.165, 1.54) is 0 Å². The van der Waals surface area contributed by atoms with Crippen molar-refractivity contribution in [1.82, 2.24) is 20.4 Å². The number of rotatable bonds is 11. The van der Waals surface area contributed by atoms with Gasteiger partial charge in [-0.3, -0.25) is 0 Å². The lowest BCUT2D eigenvalue weighted by atomic mass is 10.1. The molecule has 0 aromatic rings. The minimum Gasteiger partial charge on any atom is -0.370 e. The van der Waals surface area contributed by atoms with Gasteiger partial charge in [0.15, 0.2) is 0 Å². The standard InChI is InChI=1S/C15H34N4/c1-8-18(6)11-10-16-13(3)12-14(4)17-15(5)19(7)9-2/h13-14,16-17H,5,8-12H2,1-4,6-7H3. The average Bonchev–Trinajstić information content (AvgIpc) is 2.36. The van der Waals surface area contributed by atoms with Crippen LogP contribution in [0, 0.1) is 0 Å². The molecule has 0 fully saturated rings. The van der Waals surface area contributed by atoms with E-state index in [4.69, 9.17) is 0 Å². The van der Waals surface area contributed by atoms with Crippen LogP contribution in [-0.4, -0.2) is 62.2 Å². The summed E-state index contributed by atoms with van der Waals surface area (Å²) in [6.07, 6.45) is 1.10. The van der Waals surface area contributed by atoms with Crippen molar-refractivity contribution in [2.24, 2.45) is 0 Å². The van der Waals surface area contributed by atoms with Crippen LogP contribution in [0.5, 0.6) is 0 Å². The molecular formula is C15H34N4. The Bertz CT molecular complexity index is 242.